The Morgan fingerprint density at radius 2 is 2.09 bits per heavy atom. The van der Waals surface area contributed by atoms with Crippen LogP contribution in [0.25, 0.3) is 44.7 Å². The lowest BCUT2D eigenvalue weighted by molar-refractivity contribution is 1.10. The van der Waals surface area contributed by atoms with Crippen molar-refractivity contribution in [3.05, 3.63) is 42.0 Å². The third-order valence-corrected chi connectivity index (χ3v) is 4.23. The molecule has 0 aliphatic heterocycles. The van der Waals surface area contributed by atoms with Gasteiger partial charge in [0, 0.05) is 28.7 Å². The minimum absolute atomic E-state index is 0.688. The molecule has 7 nitrogen and oxygen atoms in total. The monoisotopic (exact) mass is 319 g/mol. The second-order valence-corrected chi connectivity index (χ2v) is 5.68. The third kappa shape index (κ3) is 1.85. The average Bonchev–Trinajstić information content (AvgIpc) is 3.34. The molecule has 0 saturated carbocycles. The summed E-state index contributed by atoms with van der Waals surface area (Å²) in [4.78, 5) is 12.6. The van der Waals surface area contributed by atoms with E-state index in [4.69, 9.17) is 4.98 Å². The molecule has 0 amide bonds. The summed E-state index contributed by atoms with van der Waals surface area (Å²) in [6.45, 7) is 0. The van der Waals surface area contributed by atoms with Crippen LogP contribution in [0.3, 0.4) is 0 Å². The van der Waals surface area contributed by atoms with E-state index in [-0.39, 0.29) is 0 Å². The number of hydrogen-bond donors (Lipinski definition) is 2. The number of nitrogens with one attached hydrogen (secondary N) is 2. The zero-order valence-electron chi connectivity index (χ0n) is 11.7. The van der Waals surface area contributed by atoms with Crippen molar-refractivity contribution < 1.29 is 0 Å². The van der Waals surface area contributed by atoms with E-state index in [2.05, 4.69) is 35.8 Å². The lowest BCUT2D eigenvalue weighted by atomic mass is 10.1. The van der Waals surface area contributed by atoms with Gasteiger partial charge >= 0.3 is 0 Å². The third-order valence-electron chi connectivity index (χ3n) is 3.73. The molecule has 0 aliphatic rings. The highest BCUT2D eigenvalue weighted by Gasteiger charge is 2.16. The van der Waals surface area contributed by atoms with Crippen molar-refractivity contribution in [3.63, 3.8) is 0 Å². The van der Waals surface area contributed by atoms with Crippen LogP contribution in [-0.2, 0) is 0 Å². The van der Waals surface area contributed by atoms with Crippen LogP contribution in [0.1, 0.15) is 0 Å². The Morgan fingerprint density at radius 3 is 2.91 bits per heavy atom. The molecule has 0 radical (unpaired) electrons. The van der Waals surface area contributed by atoms with E-state index in [0.29, 0.717) is 5.82 Å². The molecular formula is C15H9N7S. The second kappa shape index (κ2) is 4.68. The largest absolute Gasteiger partial charge is 0.335 e. The van der Waals surface area contributed by atoms with Gasteiger partial charge < -0.3 is 4.98 Å². The minimum Gasteiger partial charge on any atom is -0.335 e. The number of imidazole rings is 1. The highest BCUT2D eigenvalue weighted by molar-refractivity contribution is 7.03. The Bertz CT molecular complexity index is 1110. The molecule has 1 aromatic carbocycles. The van der Waals surface area contributed by atoms with Crippen molar-refractivity contribution in [2.45, 2.75) is 0 Å². The van der Waals surface area contributed by atoms with Crippen molar-refractivity contribution >= 4 is 33.5 Å². The van der Waals surface area contributed by atoms with Gasteiger partial charge in [0.2, 0.25) is 0 Å². The number of aromatic nitrogens is 7. The number of nitrogens with zero attached hydrogens (tertiary/aromatic N) is 5. The molecule has 0 saturated heterocycles. The fourth-order valence-electron chi connectivity index (χ4n) is 2.71. The molecule has 4 aromatic heterocycles. The SMILES string of the molecule is c1cnc2c(c1)cc(-c1ccn[nH]1)c1nc(-c3csnn3)[nH]c12. The quantitative estimate of drug-likeness (QED) is 0.521. The van der Waals surface area contributed by atoms with Gasteiger partial charge in [0.1, 0.15) is 11.2 Å². The van der Waals surface area contributed by atoms with Gasteiger partial charge in [-0.25, -0.2) is 4.98 Å². The van der Waals surface area contributed by atoms with Crippen LogP contribution in [0.5, 0.6) is 0 Å². The first kappa shape index (κ1) is 12.4. The smallest absolute Gasteiger partial charge is 0.160 e. The Balaban J connectivity index is 1.92. The highest BCUT2D eigenvalue weighted by Crippen LogP contribution is 2.33. The predicted molar refractivity (Wildman–Crippen MR) is 87.9 cm³/mol. The molecule has 5 aromatic rings. The van der Waals surface area contributed by atoms with Crippen molar-refractivity contribution in [3.8, 4) is 22.8 Å². The zero-order valence-corrected chi connectivity index (χ0v) is 12.5. The van der Waals surface area contributed by atoms with E-state index in [1.54, 1.807) is 12.4 Å². The number of benzene rings is 1. The molecule has 0 unspecified atom stereocenters. The molecule has 110 valence electrons. The van der Waals surface area contributed by atoms with Gasteiger partial charge in [0.05, 0.1) is 16.7 Å². The molecule has 0 atom stereocenters. The molecule has 4 heterocycles. The van der Waals surface area contributed by atoms with E-state index < -0.39 is 0 Å². The summed E-state index contributed by atoms with van der Waals surface area (Å²) in [6, 6.07) is 7.96. The van der Waals surface area contributed by atoms with Crippen LogP contribution in [0.4, 0.5) is 0 Å². The Morgan fingerprint density at radius 1 is 1.09 bits per heavy atom. The van der Waals surface area contributed by atoms with Crippen LogP contribution in [-0.4, -0.2) is 34.7 Å². The summed E-state index contributed by atoms with van der Waals surface area (Å²) in [6.07, 6.45) is 3.51. The summed E-state index contributed by atoms with van der Waals surface area (Å²) in [5.41, 5.74) is 5.22. The minimum atomic E-state index is 0.688. The number of aromatic amines is 2. The van der Waals surface area contributed by atoms with Crippen LogP contribution in [0.15, 0.2) is 42.0 Å². The maximum Gasteiger partial charge on any atom is 0.160 e. The standard InChI is InChI=1S/C15H9N7S/c1-2-8-6-9(10-3-5-17-20-10)13-14(12(8)16-4-1)19-15(18-13)11-7-23-22-21-11/h1-7H,(H,17,20)(H,18,19). The molecule has 0 bridgehead atoms. The number of pyridine rings is 1. The van der Waals surface area contributed by atoms with Crippen LogP contribution in [0, 0.1) is 0 Å². The van der Waals surface area contributed by atoms with Crippen molar-refractivity contribution in [2.75, 3.05) is 0 Å². The van der Waals surface area contributed by atoms with Gasteiger partial charge in [-0.2, -0.15) is 5.10 Å². The molecule has 5 rings (SSSR count). The van der Waals surface area contributed by atoms with Crippen LogP contribution in [0.2, 0.25) is 0 Å². The number of H-pyrrole nitrogens is 2. The number of fused-ring (bicyclic) bond motifs is 3. The Kier molecular flexibility index (Phi) is 2.53. The first-order chi connectivity index (χ1) is 11.4. The Hall–Kier alpha value is -3.13. The summed E-state index contributed by atoms with van der Waals surface area (Å²) >= 11 is 1.30. The molecule has 0 spiro atoms. The molecular weight excluding hydrogens is 310 g/mol. The van der Waals surface area contributed by atoms with Crippen LogP contribution >= 0.6 is 11.5 Å². The lowest BCUT2D eigenvalue weighted by Crippen LogP contribution is -1.86. The number of rotatable bonds is 2. The van der Waals surface area contributed by atoms with Gasteiger partial charge in [0.15, 0.2) is 5.82 Å². The van der Waals surface area contributed by atoms with Crippen LogP contribution < -0.4 is 0 Å². The van der Waals surface area contributed by atoms with Gasteiger partial charge in [-0.1, -0.05) is 10.6 Å². The van der Waals surface area contributed by atoms with E-state index >= 15 is 0 Å². The van der Waals surface area contributed by atoms with Crippen molar-refractivity contribution in [2.24, 2.45) is 0 Å². The second-order valence-electron chi connectivity index (χ2n) is 5.07. The first-order valence-electron chi connectivity index (χ1n) is 6.95. The van der Waals surface area contributed by atoms with E-state index in [0.717, 1.165) is 38.9 Å². The average molecular weight is 319 g/mol. The molecule has 2 N–H and O–H groups in total. The summed E-state index contributed by atoms with van der Waals surface area (Å²) in [5, 5.41) is 14.0. The fourth-order valence-corrected chi connectivity index (χ4v) is 3.15. The molecule has 8 heteroatoms. The zero-order chi connectivity index (χ0) is 15.2. The van der Waals surface area contributed by atoms with Crippen molar-refractivity contribution in [1.29, 1.82) is 0 Å². The number of hydrogen-bond acceptors (Lipinski definition) is 6. The first-order valence-corrected chi connectivity index (χ1v) is 7.78. The van der Waals surface area contributed by atoms with E-state index in [1.807, 2.05) is 23.6 Å². The highest BCUT2D eigenvalue weighted by atomic mass is 32.1. The molecule has 0 aliphatic carbocycles. The Labute approximate surface area is 133 Å². The molecule has 0 fully saturated rings. The maximum atomic E-state index is 4.72. The van der Waals surface area contributed by atoms with Gasteiger partial charge in [0.25, 0.3) is 0 Å². The summed E-state index contributed by atoms with van der Waals surface area (Å²) < 4.78 is 3.90. The summed E-state index contributed by atoms with van der Waals surface area (Å²) in [5.74, 6) is 0.688. The van der Waals surface area contributed by atoms with E-state index in [9.17, 15) is 0 Å². The van der Waals surface area contributed by atoms with Gasteiger partial charge in [-0.05, 0) is 29.7 Å². The van der Waals surface area contributed by atoms with Gasteiger partial charge in [-0.15, -0.1) is 5.10 Å². The lowest BCUT2D eigenvalue weighted by Gasteiger charge is -2.03. The van der Waals surface area contributed by atoms with E-state index in [1.165, 1.54) is 11.5 Å². The normalized spacial score (nSPS) is 11.5. The van der Waals surface area contributed by atoms with Crippen molar-refractivity contribution in [1.82, 2.24) is 34.7 Å². The topological polar surface area (TPSA) is 96.0 Å². The maximum absolute atomic E-state index is 4.72. The molecule has 23 heavy (non-hydrogen) atoms. The predicted octanol–water partition coefficient (Wildman–Crippen LogP) is 3.02. The van der Waals surface area contributed by atoms with Gasteiger partial charge in [-0.3, -0.25) is 10.1 Å². The summed E-state index contributed by atoms with van der Waals surface area (Å²) in [7, 11) is 0. The fraction of sp³-hybridized carbons (Fsp3) is 0.